The Morgan fingerprint density at radius 3 is 2.80 bits per heavy atom. The quantitative estimate of drug-likeness (QED) is 0.897. The van der Waals surface area contributed by atoms with Crippen LogP contribution in [-0.2, 0) is 9.53 Å². The molecule has 2 N–H and O–H groups in total. The van der Waals surface area contributed by atoms with Crippen LogP contribution in [0.25, 0.3) is 0 Å². The average Bonchev–Trinajstić information content (AvgIpc) is 2.47. The number of aliphatic hydroxyl groups excluding tert-OH is 1. The zero-order valence-electron chi connectivity index (χ0n) is 11.5. The first-order valence-corrected chi connectivity index (χ1v) is 7.27. The lowest BCUT2D eigenvalue weighted by atomic mass is 9.92. The molecule has 0 aromatic heterocycles. The van der Waals surface area contributed by atoms with Crippen molar-refractivity contribution in [1.82, 2.24) is 5.32 Å². The number of carbonyl (C=O) groups excluding carboxylic acids is 1. The predicted octanol–water partition coefficient (Wildman–Crippen LogP) is 2.45. The third kappa shape index (κ3) is 3.51. The van der Waals surface area contributed by atoms with Gasteiger partial charge in [0.2, 0.25) is 0 Å². The van der Waals surface area contributed by atoms with Crippen molar-refractivity contribution < 1.29 is 14.6 Å². The van der Waals surface area contributed by atoms with Crippen molar-refractivity contribution in [3.8, 4) is 0 Å². The second-order valence-corrected chi connectivity index (χ2v) is 5.50. The molecule has 3 atom stereocenters. The van der Waals surface area contributed by atoms with Crippen molar-refractivity contribution >= 4 is 17.5 Å². The summed E-state index contributed by atoms with van der Waals surface area (Å²) in [5.74, 6) is -0.424. The predicted molar refractivity (Wildman–Crippen MR) is 77.6 cm³/mol. The van der Waals surface area contributed by atoms with Gasteiger partial charge in [0.05, 0.1) is 12.1 Å². The molecule has 0 bridgehead atoms. The molecule has 1 fully saturated rings. The van der Waals surface area contributed by atoms with Gasteiger partial charge >= 0.3 is 0 Å². The van der Waals surface area contributed by atoms with Crippen LogP contribution in [0.15, 0.2) is 24.3 Å². The smallest absolute Gasteiger partial charge is 0.253 e. The second-order valence-electron chi connectivity index (χ2n) is 5.10. The Balaban J connectivity index is 2.02. The molecule has 1 aliphatic rings. The zero-order chi connectivity index (χ0) is 14.5. The van der Waals surface area contributed by atoms with Gasteiger partial charge in [0, 0.05) is 17.7 Å². The van der Waals surface area contributed by atoms with Crippen LogP contribution in [0.3, 0.4) is 0 Å². The van der Waals surface area contributed by atoms with E-state index in [1.165, 1.54) is 0 Å². The molecule has 1 aromatic rings. The number of hydrogen-bond donors (Lipinski definition) is 2. The number of halogens is 1. The van der Waals surface area contributed by atoms with E-state index in [2.05, 4.69) is 5.32 Å². The Hall–Kier alpha value is -1.10. The number of rotatable bonds is 4. The lowest BCUT2D eigenvalue weighted by molar-refractivity contribution is -0.131. The molecule has 0 aliphatic heterocycles. The third-order valence-corrected chi connectivity index (χ3v) is 4.13. The van der Waals surface area contributed by atoms with E-state index in [4.69, 9.17) is 16.3 Å². The maximum Gasteiger partial charge on any atom is 0.253 e. The van der Waals surface area contributed by atoms with Gasteiger partial charge in [-0.2, -0.15) is 0 Å². The highest BCUT2D eigenvalue weighted by Gasteiger charge is 2.29. The summed E-state index contributed by atoms with van der Waals surface area (Å²) in [5.41, 5.74) is 0.427. The fraction of sp³-hybridized carbons (Fsp3) is 0.533. The number of ether oxygens (including phenoxy) is 1. The van der Waals surface area contributed by atoms with E-state index in [0.29, 0.717) is 10.6 Å². The molecule has 20 heavy (non-hydrogen) atoms. The number of amides is 1. The lowest BCUT2D eigenvalue weighted by Gasteiger charge is -2.31. The van der Waals surface area contributed by atoms with Crippen molar-refractivity contribution in [2.45, 2.75) is 43.9 Å². The fourth-order valence-corrected chi connectivity index (χ4v) is 2.88. The summed E-state index contributed by atoms with van der Waals surface area (Å²) in [6, 6.07) is 6.78. The van der Waals surface area contributed by atoms with Crippen molar-refractivity contribution in [3.63, 3.8) is 0 Å². The molecule has 0 radical (unpaired) electrons. The highest BCUT2D eigenvalue weighted by atomic mass is 35.5. The Morgan fingerprint density at radius 1 is 1.40 bits per heavy atom. The Labute approximate surface area is 124 Å². The molecule has 5 heteroatoms. The minimum absolute atomic E-state index is 0.0196. The SMILES string of the molecule is CO[C@@H]1CCCC[C@H]1NC(=O)[C@H](O)c1ccccc1Cl. The first kappa shape index (κ1) is 15.3. The van der Waals surface area contributed by atoms with Crippen molar-refractivity contribution in [2.24, 2.45) is 0 Å². The summed E-state index contributed by atoms with van der Waals surface area (Å²) in [5, 5.41) is 13.4. The molecule has 0 unspecified atom stereocenters. The highest BCUT2D eigenvalue weighted by molar-refractivity contribution is 6.31. The van der Waals surface area contributed by atoms with Crippen molar-refractivity contribution in [1.29, 1.82) is 0 Å². The van der Waals surface area contributed by atoms with Crippen LogP contribution in [-0.4, -0.2) is 30.3 Å². The molecule has 0 spiro atoms. The fourth-order valence-electron chi connectivity index (χ4n) is 2.64. The van der Waals surface area contributed by atoms with Crippen LogP contribution in [0, 0.1) is 0 Å². The monoisotopic (exact) mass is 297 g/mol. The van der Waals surface area contributed by atoms with Crippen LogP contribution in [0.2, 0.25) is 5.02 Å². The molecule has 2 rings (SSSR count). The summed E-state index contributed by atoms with van der Waals surface area (Å²) in [4.78, 5) is 12.2. The topological polar surface area (TPSA) is 58.6 Å². The minimum Gasteiger partial charge on any atom is -0.379 e. The number of aliphatic hydroxyl groups is 1. The van der Waals surface area contributed by atoms with Crippen LogP contribution >= 0.6 is 11.6 Å². The molecular formula is C15H20ClNO3. The van der Waals surface area contributed by atoms with Gasteiger partial charge in [0.25, 0.3) is 5.91 Å². The first-order valence-electron chi connectivity index (χ1n) is 6.89. The number of methoxy groups -OCH3 is 1. The van der Waals surface area contributed by atoms with Crippen molar-refractivity contribution in [3.05, 3.63) is 34.9 Å². The van der Waals surface area contributed by atoms with E-state index >= 15 is 0 Å². The second kappa shape index (κ2) is 7.07. The Kier molecular flexibility index (Phi) is 5.40. The van der Waals surface area contributed by atoms with Gasteiger partial charge in [0.15, 0.2) is 6.10 Å². The number of hydrogen-bond acceptors (Lipinski definition) is 3. The van der Waals surface area contributed by atoms with Crippen molar-refractivity contribution in [2.75, 3.05) is 7.11 Å². The molecule has 1 aromatic carbocycles. The van der Waals surface area contributed by atoms with E-state index in [1.807, 2.05) is 0 Å². The summed E-state index contributed by atoms with van der Waals surface area (Å²) in [6.45, 7) is 0. The first-order chi connectivity index (χ1) is 9.63. The van der Waals surface area contributed by atoms with Crippen LogP contribution in [0.5, 0.6) is 0 Å². The lowest BCUT2D eigenvalue weighted by Crippen LogP contribution is -2.47. The summed E-state index contributed by atoms with van der Waals surface area (Å²) in [6.07, 6.45) is 2.75. The molecule has 110 valence electrons. The molecule has 1 amide bonds. The van der Waals surface area contributed by atoms with Gasteiger partial charge in [-0.05, 0) is 18.9 Å². The van der Waals surface area contributed by atoms with E-state index in [-0.39, 0.29) is 12.1 Å². The van der Waals surface area contributed by atoms with Crippen LogP contribution in [0.4, 0.5) is 0 Å². The van der Waals surface area contributed by atoms with Crippen LogP contribution in [0.1, 0.15) is 37.4 Å². The van der Waals surface area contributed by atoms with Gasteiger partial charge in [0.1, 0.15) is 0 Å². The largest absolute Gasteiger partial charge is 0.379 e. The van der Waals surface area contributed by atoms with E-state index < -0.39 is 12.0 Å². The number of carbonyl (C=O) groups is 1. The summed E-state index contributed by atoms with van der Waals surface area (Å²) in [7, 11) is 1.65. The maximum absolute atomic E-state index is 12.2. The number of nitrogens with one attached hydrogen (secondary N) is 1. The highest BCUT2D eigenvalue weighted by Crippen LogP contribution is 2.25. The Morgan fingerprint density at radius 2 is 2.10 bits per heavy atom. The van der Waals surface area contributed by atoms with Crippen LogP contribution < -0.4 is 5.32 Å². The van der Waals surface area contributed by atoms with E-state index in [0.717, 1.165) is 25.7 Å². The van der Waals surface area contributed by atoms with Gasteiger partial charge in [-0.15, -0.1) is 0 Å². The minimum atomic E-state index is -1.25. The molecule has 0 heterocycles. The standard InChI is InChI=1S/C15H20ClNO3/c1-20-13-9-5-4-8-12(13)17-15(19)14(18)10-6-2-3-7-11(10)16/h2-3,6-7,12-14,18H,4-5,8-9H2,1H3,(H,17,19)/t12-,13-,14-/m1/s1. The zero-order valence-corrected chi connectivity index (χ0v) is 12.3. The summed E-state index contributed by atoms with van der Waals surface area (Å²) < 4.78 is 5.39. The molecule has 4 nitrogen and oxygen atoms in total. The van der Waals surface area contributed by atoms with Gasteiger partial charge in [-0.3, -0.25) is 4.79 Å². The van der Waals surface area contributed by atoms with Gasteiger partial charge in [-0.1, -0.05) is 42.6 Å². The molecule has 1 aliphatic carbocycles. The maximum atomic E-state index is 12.2. The van der Waals surface area contributed by atoms with E-state index in [9.17, 15) is 9.90 Å². The molecule has 1 saturated carbocycles. The third-order valence-electron chi connectivity index (χ3n) is 3.78. The molecular weight excluding hydrogens is 278 g/mol. The average molecular weight is 298 g/mol. The Bertz CT molecular complexity index is 466. The summed E-state index contributed by atoms with van der Waals surface area (Å²) >= 11 is 6.00. The molecule has 0 saturated heterocycles. The van der Waals surface area contributed by atoms with Gasteiger partial charge < -0.3 is 15.2 Å². The number of benzene rings is 1. The normalized spacial score (nSPS) is 24.1. The van der Waals surface area contributed by atoms with E-state index in [1.54, 1.807) is 31.4 Å². The van der Waals surface area contributed by atoms with Gasteiger partial charge in [-0.25, -0.2) is 0 Å².